The predicted octanol–water partition coefficient (Wildman–Crippen LogP) is -3.22. The lowest BCUT2D eigenvalue weighted by atomic mass is 9.91. The van der Waals surface area contributed by atoms with Gasteiger partial charge >= 0.3 is 5.97 Å². The van der Waals surface area contributed by atoms with Gasteiger partial charge in [-0.1, -0.05) is 32.0 Å². The molecule has 18 nitrogen and oxygen atoms in total. The molecule has 3 fully saturated rings. The molecule has 0 unspecified atom stereocenters. The van der Waals surface area contributed by atoms with Crippen molar-refractivity contribution < 1.29 is 53.6 Å². The van der Waals surface area contributed by atoms with Gasteiger partial charge in [0.25, 0.3) is 5.91 Å². The SMILES string of the molecule is COC[C@@H]1NC(=O)[C@H]2C[C@@H](O)CNN2C(=O)[C@H](C(C)C)OC(=O)[C@@H](C)NC(=O)[C@@H]2C[C@@]3(O)c4ccccc4N[C@H]3N2C(=O)[C@@H]([C@H](C)O)NC1=O. The fourth-order valence-electron chi connectivity index (χ4n) is 6.84. The van der Waals surface area contributed by atoms with Crippen LogP contribution in [0.5, 0.6) is 0 Å². The Balaban J connectivity index is 1.56. The second kappa shape index (κ2) is 14.5. The maximum absolute atomic E-state index is 14.4. The number of β-amino-alcohol motifs (C(OH)–C–C–N with tert-alkyl or cyclic N) is 1. The molecule has 10 atom stereocenters. The van der Waals surface area contributed by atoms with Gasteiger partial charge in [-0.15, -0.1) is 0 Å². The third kappa shape index (κ3) is 6.85. The monoisotopic (exact) mass is 703 g/mol. The molecule has 3 saturated heterocycles. The number of esters is 1. The van der Waals surface area contributed by atoms with E-state index >= 15 is 0 Å². The van der Waals surface area contributed by atoms with Crippen molar-refractivity contribution >= 4 is 41.2 Å². The Hall–Kier alpha value is -4.36. The van der Waals surface area contributed by atoms with E-state index in [9.17, 15) is 44.1 Å². The summed E-state index contributed by atoms with van der Waals surface area (Å²) in [6.07, 6.45) is -5.80. The Morgan fingerprint density at radius 3 is 2.30 bits per heavy atom. The van der Waals surface area contributed by atoms with E-state index < -0.39 is 108 Å². The number of fused-ring (bicyclic) bond motifs is 6. The number of ether oxygens (including phenoxy) is 2. The lowest BCUT2D eigenvalue weighted by Gasteiger charge is -2.40. The van der Waals surface area contributed by atoms with E-state index in [1.54, 1.807) is 38.1 Å². The molecule has 5 rings (SSSR count). The molecule has 274 valence electrons. The van der Waals surface area contributed by atoms with Crippen molar-refractivity contribution in [1.82, 2.24) is 31.3 Å². The number of aliphatic hydroxyl groups excluding tert-OH is 2. The molecule has 0 radical (unpaired) electrons. The highest BCUT2D eigenvalue weighted by Gasteiger charge is 2.61. The smallest absolute Gasteiger partial charge is 0.329 e. The molecule has 4 aliphatic heterocycles. The number of hydrogen-bond donors (Lipinski definition) is 8. The van der Waals surface area contributed by atoms with Crippen LogP contribution in [0.2, 0.25) is 0 Å². The summed E-state index contributed by atoms with van der Waals surface area (Å²) in [4.78, 5) is 83.9. The van der Waals surface area contributed by atoms with E-state index in [-0.39, 0.29) is 19.4 Å². The van der Waals surface area contributed by atoms with E-state index in [0.29, 0.717) is 11.3 Å². The van der Waals surface area contributed by atoms with Gasteiger partial charge in [0.1, 0.15) is 42.0 Å². The molecule has 18 heteroatoms. The van der Waals surface area contributed by atoms with Crippen molar-refractivity contribution in [2.24, 2.45) is 5.92 Å². The summed E-state index contributed by atoms with van der Waals surface area (Å²) >= 11 is 0. The molecule has 50 heavy (non-hydrogen) atoms. The minimum absolute atomic E-state index is 0.106. The molecular formula is C32H45N7O11. The summed E-state index contributed by atoms with van der Waals surface area (Å²) in [6.45, 7) is 5.30. The molecule has 0 aromatic heterocycles. The number of aliphatic hydroxyl groups is 3. The number of benzene rings is 1. The van der Waals surface area contributed by atoms with Gasteiger partial charge in [0.15, 0.2) is 6.10 Å². The van der Waals surface area contributed by atoms with Crippen LogP contribution in [0.1, 0.15) is 46.1 Å². The second-order valence-corrected chi connectivity index (χ2v) is 13.5. The average Bonchev–Trinajstić information content (AvgIpc) is 3.52. The molecule has 0 bridgehead atoms. The number of methoxy groups -OCH3 is 1. The van der Waals surface area contributed by atoms with Crippen LogP contribution in [-0.4, -0.2) is 136 Å². The van der Waals surface area contributed by atoms with Crippen molar-refractivity contribution in [2.45, 2.75) is 101 Å². The Labute approximate surface area is 288 Å². The lowest BCUT2D eigenvalue weighted by Crippen LogP contribution is -2.67. The number of carbonyl (C=O) groups is 6. The summed E-state index contributed by atoms with van der Waals surface area (Å²) < 4.78 is 10.8. The Morgan fingerprint density at radius 1 is 0.960 bits per heavy atom. The van der Waals surface area contributed by atoms with Crippen molar-refractivity contribution in [2.75, 3.05) is 25.6 Å². The summed E-state index contributed by atoms with van der Waals surface area (Å²) in [5.74, 6) is -6.00. The minimum Gasteiger partial charge on any atom is -0.450 e. The highest BCUT2D eigenvalue weighted by Crippen LogP contribution is 2.49. The van der Waals surface area contributed by atoms with Gasteiger partial charge in [-0.25, -0.2) is 10.2 Å². The van der Waals surface area contributed by atoms with Gasteiger partial charge in [0.2, 0.25) is 23.6 Å². The van der Waals surface area contributed by atoms with Gasteiger partial charge in [-0.05, 0) is 25.8 Å². The van der Waals surface area contributed by atoms with Crippen LogP contribution < -0.4 is 26.7 Å². The summed E-state index contributed by atoms with van der Waals surface area (Å²) in [5, 5.41) is 44.7. The highest BCUT2D eigenvalue weighted by atomic mass is 16.6. The average molecular weight is 704 g/mol. The summed E-state index contributed by atoms with van der Waals surface area (Å²) in [5.41, 5.74) is 1.83. The van der Waals surface area contributed by atoms with Crippen LogP contribution in [0.4, 0.5) is 5.69 Å². The maximum Gasteiger partial charge on any atom is 0.329 e. The minimum atomic E-state index is -1.78. The largest absolute Gasteiger partial charge is 0.450 e. The number of para-hydroxylation sites is 1. The molecule has 5 amide bonds. The maximum atomic E-state index is 14.4. The second-order valence-electron chi connectivity index (χ2n) is 13.5. The van der Waals surface area contributed by atoms with Crippen LogP contribution in [0.3, 0.4) is 0 Å². The fraction of sp³-hybridized carbons (Fsp3) is 0.625. The number of cyclic esters (lactones) is 1. The number of amides is 5. The van der Waals surface area contributed by atoms with E-state index in [1.165, 1.54) is 21.0 Å². The number of rotatable bonds is 4. The van der Waals surface area contributed by atoms with E-state index in [4.69, 9.17) is 9.47 Å². The van der Waals surface area contributed by atoms with Crippen molar-refractivity contribution in [1.29, 1.82) is 0 Å². The molecule has 4 heterocycles. The van der Waals surface area contributed by atoms with E-state index in [2.05, 4.69) is 26.7 Å². The van der Waals surface area contributed by atoms with Crippen molar-refractivity contribution in [3.63, 3.8) is 0 Å². The molecule has 0 saturated carbocycles. The van der Waals surface area contributed by atoms with Gasteiger partial charge in [0, 0.05) is 37.7 Å². The zero-order valence-electron chi connectivity index (χ0n) is 28.4. The van der Waals surface area contributed by atoms with Gasteiger partial charge < -0.3 is 51.0 Å². The van der Waals surface area contributed by atoms with Crippen LogP contribution >= 0.6 is 0 Å². The van der Waals surface area contributed by atoms with Crippen molar-refractivity contribution in [3.8, 4) is 0 Å². The third-order valence-electron chi connectivity index (χ3n) is 9.47. The lowest BCUT2D eigenvalue weighted by molar-refractivity contribution is -0.172. The van der Waals surface area contributed by atoms with Gasteiger partial charge in [0.05, 0.1) is 18.8 Å². The standard InChI is InChI=1S/C32H45N7O11/c1-14(2)24-29(46)39-21(10-17(41)12-33-39)26(43)35-20(13-49-5)25(42)37-23(16(4)40)28(45)38-22(27(44)34-15(3)30(47)50-24)11-32(48)18-8-6-7-9-19(18)36-31(32)38/h6-9,14-17,20-24,31,33,36,40-41,48H,10-13H2,1-5H3,(H,34,44)(H,35,43)(H,37,42)/t15-,16+,17-,20+,21-,22+,23-,24+,31+,32-/m1/s1. The zero-order valence-corrected chi connectivity index (χ0v) is 28.4. The normalized spacial score (nSPS) is 34.6. The molecule has 0 aliphatic carbocycles. The first kappa shape index (κ1) is 36.9. The highest BCUT2D eigenvalue weighted by molar-refractivity contribution is 5.98. The number of nitrogens with zero attached hydrogens (tertiary/aromatic N) is 2. The molecular weight excluding hydrogens is 658 g/mol. The predicted molar refractivity (Wildman–Crippen MR) is 172 cm³/mol. The van der Waals surface area contributed by atoms with Crippen LogP contribution in [0.15, 0.2) is 24.3 Å². The quantitative estimate of drug-likeness (QED) is 0.144. The van der Waals surface area contributed by atoms with Crippen LogP contribution in [-0.2, 0) is 43.8 Å². The van der Waals surface area contributed by atoms with Crippen LogP contribution in [0.25, 0.3) is 0 Å². The zero-order chi connectivity index (χ0) is 36.7. The molecule has 0 spiro atoms. The molecule has 8 N–H and O–H groups in total. The molecule has 4 aliphatic rings. The van der Waals surface area contributed by atoms with Crippen molar-refractivity contribution in [3.05, 3.63) is 29.8 Å². The topological polar surface area (TPSA) is 248 Å². The Morgan fingerprint density at radius 2 is 1.64 bits per heavy atom. The molecule has 1 aromatic carbocycles. The van der Waals surface area contributed by atoms with E-state index in [1.807, 2.05) is 0 Å². The van der Waals surface area contributed by atoms with Gasteiger partial charge in [-0.2, -0.15) is 0 Å². The first-order valence-corrected chi connectivity index (χ1v) is 16.5. The molecule has 1 aromatic rings. The summed E-state index contributed by atoms with van der Waals surface area (Å²) in [7, 11) is 1.27. The van der Waals surface area contributed by atoms with Crippen LogP contribution in [0, 0.1) is 5.92 Å². The number of hydrogen-bond acceptors (Lipinski definition) is 13. The number of carbonyl (C=O) groups excluding carboxylic acids is 6. The van der Waals surface area contributed by atoms with Gasteiger partial charge in [-0.3, -0.25) is 29.0 Å². The first-order valence-electron chi connectivity index (χ1n) is 16.5. The first-order chi connectivity index (χ1) is 23.6. The third-order valence-corrected chi connectivity index (χ3v) is 9.47. The number of anilines is 1. The summed E-state index contributed by atoms with van der Waals surface area (Å²) in [6, 6.07) is -0.547. The van der Waals surface area contributed by atoms with E-state index in [0.717, 1.165) is 9.91 Å². The Bertz CT molecular complexity index is 1520. The number of hydrazine groups is 1. The number of nitrogens with one attached hydrogen (secondary N) is 5. The fourth-order valence-corrected chi connectivity index (χ4v) is 6.84. The Kier molecular flexibility index (Phi) is 10.7.